The highest BCUT2D eigenvalue weighted by atomic mass is 16.5. The molecular weight excluding hydrogens is 470 g/mol. The lowest BCUT2D eigenvalue weighted by atomic mass is 9.54. The molecule has 0 aromatic heterocycles. The fourth-order valence-electron chi connectivity index (χ4n) is 6.88. The Kier molecular flexibility index (Phi) is 7.79. The van der Waals surface area contributed by atoms with Crippen molar-refractivity contribution in [2.24, 2.45) is 23.2 Å². The van der Waals surface area contributed by atoms with Crippen molar-refractivity contribution in [2.45, 2.75) is 70.8 Å². The summed E-state index contributed by atoms with van der Waals surface area (Å²) in [5.74, 6) is -1.97. The first-order chi connectivity index (χ1) is 17.5. The van der Waals surface area contributed by atoms with Gasteiger partial charge in [0.05, 0.1) is 18.3 Å². The molecule has 200 valence electrons. The topological polar surface area (TPSA) is 116 Å². The molecule has 1 heterocycles. The molecule has 8 atom stereocenters. The maximum atomic E-state index is 14.2. The van der Waals surface area contributed by atoms with Gasteiger partial charge >= 0.3 is 5.97 Å². The maximum absolute atomic E-state index is 14.2. The largest absolute Gasteiger partial charge is 0.457 e. The van der Waals surface area contributed by atoms with Crippen LogP contribution in [0, 0.1) is 23.2 Å². The summed E-state index contributed by atoms with van der Waals surface area (Å²) in [6.45, 7) is 6.54. The van der Waals surface area contributed by atoms with Crippen molar-refractivity contribution < 1.29 is 29.6 Å². The van der Waals surface area contributed by atoms with Gasteiger partial charge in [-0.1, -0.05) is 61.1 Å². The van der Waals surface area contributed by atoms with E-state index in [9.17, 15) is 24.9 Å². The lowest BCUT2D eigenvalue weighted by molar-refractivity contribution is -0.161. The number of aliphatic hydroxyl groups is 3. The van der Waals surface area contributed by atoms with Gasteiger partial charge in [0.2, 0.25) is 5.91 Å². The molecule has 1 aromatic rings. The maximum Gasteiger partial charge on any atom is 0.303 e. The van der Waals surface area contributed by atoms with E-state index in [2.05, 4.69) is 5.32 Å². The van der Waals surface area contributed by atoms with Crippen molar-refractivity contribution in [3.05, 3.63) is 71.3 Å². The summed E-state index contributed by atoms with van der Waals surface area (Å²) in [5, 5.41) is 36.1. The summed E-state index contributed by atoms with van der Waals surface area (Å²) < 4.78 is 5.86. The molecule has 8 unspecified atom stereocenters. The predicted molar refractivity (Wildman–Crippen MR) is 140 cm³/mol. The SMILES string of the molecule is CC(=O)OC1C=CC(C)(O)CC(C)CC=CC2C(O)C(CO)=C(C)C3C(Cc4ccccc4)NC(=O)C123. The van der Waals surface area contributed by atoms with E-state index in [1.807, 2.05) is 56.3 Å². The lowest BCUT2D eigenvalue weighted by Crippen LogP contribution is -2.58. The summed E-state index contributed by atoms with van der Waals surface area (Å²) >= 11 is 0. The molecule has 4 rings (SSSR count). The average molecular weight is 510 g/mol. The van der Waals surface area contributed by atoms with Crippen LogP contribution in [0.25, 0.3) is 0 Å². The van der Waals surface area contributed by atoms with Crippen LogP contribution in [-0.4, -0.2) is 57.7 Å². The number of ether oxygens (including phenoxy) is 1. The third-order valence-electron chi connectivity index (χ3n) is 8.35. The molecule has 0 radical (unpaired) electrons. The molecule has 1 aromatic carbocycles. The van der Waals surface area contributed by atoms with Crippen LogP contribution >= 0.6 is 0 Å². The molecule has 0 saturated carbocycles. The van der Waals surface area contributed by atoms with Crippen LogP contribution in [0.2, 0.25) is 0 Å². The van der Waals surface area contributed by atoms with E-state index in [1.54, 1.807) is 19.1 Å². The highest BCUT2D eigenvalue weighted by Gasteiger charge is 2.67. The van der Waals surface area contributed by atoms with Crippen LogP contribution in [-0.2, 0) is 20.7 Å². The summed E-state index contributed by atoms with van der Waals surface area (Å²) in [6.07, 6.45) is 6.51. The second kappa shape index (κ2) is 10.6. The van der Waals surface area contributed by atoms with Gasteiger partial charge in [0, 0.05) is 24.8 Å². The van der Waals surface area contributed by atoms with Crippen molar-refractivity contribution in [1.29, 1.82) is 0 Å². The van der Waals surface area contributed by atoms with Crippen molar-refractivity contribution >= 4 is 11.9 Å². The molecule has 1 saturated heterocycles. The molecule has 0 bridgehead atoms. The Labute approximate surface area is 218 Å². The number of esters is 1. The molecule has 1 aliphatic heterocycles. The Hall–Kier alpha value is -2.74. The number of rotatable bonds is 4. The van der Waals surface area contributed by atoms with Gasteiger partial charge in [0.1, 0.15) is 11.5 Å². The first kappa shape index (κ1) is 27.3. The Balaban J connectivity index is 1.97. The van der Waals surface area contributed by atoms with E-state index in [-0.39, 0.29) is 24.5 Å². The van der Waals surface area contributed by atoms with E-state index in [0.29, 0.717) is 24.8 Å². The van der Waals surface area contributed by atoms with Crippen LogP contribution in [0.5, 0.6) is 0 Å². The van der Waals surface area contributed by atoms with Crippen molar-refractivity contribution in [3.8, 4) is 0 Å². The third kappa shape index (κ3) is 5.05. The molecule has 7 nitrogen and oxygen atoms in total. The first-order valence-electron chi connectivity index (χ1n) is 13.1. The van der Waals surface area contributed by atoms with Crippen LogP contribution in [0.15, 0.2) is 65.8 Å². The van der Waals surface area contributed by atoms with Gasteiger partial charge in [-0.05, 0) is 56.2 Å². The van der Waals surface area contributed by atoms with E-state index >= 15 is 0 Å². The summed E-state index contributed by atoms with van der Waals surface area (Å²) in [7, 11) is 0. The minimum Gasteiger partial charge on any atom is -0.457 e. The van der Waals surface area contributed by atoms with Gasteiger partial charge in [-0.3, -0.25) is 9.59 Å². The lowest BCUT2D eigenvalue weighted by Gasteiger charge is -2.49. The van der Waals surface area contributed by atoms with E-state index in [1.165, 1.54) is 6.92 Å². The summed E-state index contributed by atoms with van der Waals surface area (Å²) in [6, 6.07) is 9.47. The van der Waals surface area contributed by atoms with Crippen LogP contribution in [0.1, 0.15) is 46.1 Å². The smallest absolute Gasteiger partial charge is 0.303 e. The zero-order valence-electron chi connectivity index (χ0n) is 22.1. The number of amides is 1. The highest BCUT2D eigenvalue weighted by molar-refractivity contribution is 5.89. The van der Waals surface area contributed by atoms with Crippen molar-refractivity contribution in [1.82, 2.24) is 5.32 Å². The number of carbonyl (C=O) groups is 2. The number of carbonyl (C=O) groups excluding carboxylic acids is 2. The Morgan fingerprint density at radius 3 is 2.57 bits per heavy atom. The quantitative estimate of drug-likeness (QED) is 0.366. The van der Waals surface area contributed by atoms with Crippen molar-refractivity contribution in [3.63, 3.8) is 0 Å². The first-order valence-corrected chi connectivity index (χ1v) is 13.1. The summed E-state index contributed by atoms with van der Waals surface area (Å²) in [4.78, 5) is 26.6. The van der Waals surface area contributed by atoms with Gasteiger partial charge in [-0.2, -0.15) is 0 Å². The third-order valence-corrected chi connectivity index (χ3v) is 8.35. The van der Waals surface area contributed by atoms with Crippen LogP contribution < -0.4 is 5.32 Å². The normalized spacial score (nSPS) is 37.9. The number of hydrogen-bond acceptors (Lipinski definition) is 6. The number of allylic oxidation sites excluding steroid dienone is 1. The Morgan fingerprint density at radius 2 is 1.92 bits per heavy atom. The van der Waals surface area contributed by atoms with Gasteiger partial charge in [-0.25, -0.2) is 0 Å². The second-order valence-electron chi connectivity index (χ2n) is 11.2. The average Bonchev–Trinajstić information content (AvgIpc) is 3.10. The Bertz CT molecular complexity index is 1110. The molecule has 7 heteroatoms. The molecule has 1 fully saturated rings. The van der Waals surface area contributed by atoms with E-state index in [0.717, 1.165) is 11.1 Å². The monoisotopic (exact) mass is 509 g/mol. The minimum absolute atomic E-state index is 0.131. The molecule has 37 heavy (non-hydrogen) atoms. The molecule has 3 aliphatic rings. The number of hydrogen-bond donors (Lipinski definition) is 4. The number of benzene rings is 1. The van der Waals surface area contributed by atoms with Gasteiger partial charge < -0.3 is 25.4 Å². The van der Waals surface area contributed by atoms with Crippen LogP contribution in [0.4, 0.5) is 0 Å². The van der Waals surface area contributed by atoms with Gasteiger partial charge in [0.15, 0.2) is 0 Å². The second-order valence-corrected chi connectivity index (χ2v) is 11.2. The zero-order valence-corrected chi connectivity index (χ0v) is 22.1. The van der Waals surface area contributed by atoms with E-state index < -0.39 is 41.0 Å². The van der Waals surface area contributed by atoms with Gasteiger partial charge in [-0.15, -0.1) is 0 Å². The number of nitrogens with one attached hydrogen (secondary N) is 1. The standard InChI is InChI=1S/C30H39NO6/c1-18-9-8-12-23-27(34)22(17-32)19(2)26-24(15-21-10-6-5-7-11-21)31-28(35)30(23,26)25(37-20(3)33)13-14-29(4,36)16-18/h5-8,10-14,18,23-27,32,34,36H,9,15-17H2,1-4H3,(H,31,35). The molecular formula is C30H39NO6. The van der Waals surface area contributed by atoms with Crippen molar-refractivity contribution in [2.75, 3.05) is 6.61 Å². The Morgan fingerprint density at radius 1 is 1.22 bits per heavy atom. The summed E-state index contributed by atoms with van der Waals surface area (Å²) in [5.41, 5.74) is -0.298. The number of aliphatic hydroxyl groups excluding tert-OH is 2. The molecule has 4 N–H and O–H groups in total. The predicted octanol–water partition coefficient (Wildman–Crippen LogP) is 2.85. The molecule has 1 amide bonds. The van der Waals surface area contributed by atoms with Crippen LogP contribution in [0.3, 0.4) is 0 Å². The fourth-order valence-corrected chi connectivity index (χ4v) is 6.88. The fraction of sp³-hybridized carbons (Fsp3) is 0.533. The van der Waals surface area contributed by atoms with E-state index in [4.69, 9.17) is 4.74 Å². The van der Waals surface area contributed by atoms with Gasteiger partial charge in [0.25, 0.3) is 0 Å². The zero-order chi connectivity index (χ0) is 27.0. The minimum atomic E-state index is -1.37. The highest BCUT2D eigenvalue weighted by Crippen LogP contribution is 2.57. The molecule has 2 aliphatic carbocycles. The molecule has 1 spiro atoms.